The summed E-state index contributed by atoms with van der Waals surface area (Å²) in [7, 11) is 0. The monoisotopic (exact) mass is 320 g/mol. The van der Waals surface area contributed by atoms with Crippen LogP contribution in [0.15, 0.2) is 40.9 Å². The first-order valence-corrected chi connectivity index (χ1v) is 6.73. The third kappa shape index (κ3) is 2.84. The Hall–Kier alpha value is -1.68. The van der Waals surface area contributed by atoms with Gasteiger partial charge in [-0.25, -0.2) is 4.79 Å². The second-order valence-electron chi connectivity index (χ2n) is 4.50. The highest BCUT2D eigenvalue weighted by molar-refractivity contribution is 9.10. The molecule has 98 valence electrons. The minimum absolute atomic E-state index is 0.328. The van der Waals surface area contributed by atoms with E-state index in [1.54, 1.807) is 26.0 Å². The third-order valence-corrected chi connectivity index (χ3v) is 3.44. The minimum atomic E-state index is -0.609. The van der Waals surface area contributed by atoms with Crippen LogP contribution in [0.5, 0.6) is 0 Å². The van der Waals surface area contributed by atoms with Crippen LogP contribution in [0.4, 0.5) is 0 Å². The van der Waals surface area contributed by atoms with Gasteiger partial charge in [0.2, 0.25) is 0 Å². The van der Waals surface area contributed by atoms with E-state index < -0.39 is 11.9 Å². The second kappa shape index (κ2) is 5.53. The Kier molecular flexibility index (Phi) is 4.00. The molecular weight excluding hydrogens is 308 g/mol. The molecule has 0 atom stereocenters. The Balaban J connectivity index is 2.43. The van der Waals surface area contributed by atoms with E-state index in [0.29, 0.717) is 5.56 Å². The molecule has 0 aliphatic rings. The molecule has 2 aromatic carbocycles. The van der Waals surface area contributed by atoms with E-state index >= 15 is 0 Å². The third-order valence-electron chi connectivity index (χ3n) is 2.75. The van der Waals surface area contributed by atoms with Crippen LogP contribution in [0, 0.1) is 5.92 Å². The van der Waals surface area contributed by atoms with Crippen molar-refractivity contribution in [2.75, 3.05) is 0 Å². The smallest absolute Gasteiger partial charge is 0.346 e. The summed E-state index contributed by atoms with van der Waals surface area (Å²) in [6.45, 7) is 3.38. The predicted molar refractivity (Wildman–Crippen MR) is 76.9 cm³/mol. The van der Waals surface area contributed by atoms with Crippen molar-refractivity contribution >= 4 is 38.6 Å². The fourth-order valence-electron chi connectivity index (χ4n) is 1.71. The highest BCUT2D eigenvalue weighted by Gasteiger charge is 2.18. The molecule has 0 heterocycles. The van der Waals surface area contributed by atoms with E-state index in [1.165, 1.54) is 0 Å². The number of rotatable bonds is 2. The second-order valence-corrected chi connectivity index (χ2v) is 5.36. The molecule has 0 bridgehead atoms. The van der Waals surface area contributed by atoms with Crippen molar-refractivity contribution < 1.29 is 14.3 Å². The molecule has 0 aliphatic heterocycles. The molecule has 2 aromatic rings. The topological polar surface area (TPSA) is 43.4 Å². The van der Waals surface area contributed by atoms with E-state index in [9.17, 15) is 9.59 Å². The lowest BCUT2D eigenvalue weighted by molar-refractivity contribution is -0.141. The fraction of sp³-hybridized carbons (Fsp3) is 0.200. The van der Waals surface area contributed by atoms with Gasteiger partial charge >= 0.3 is 11.9 Å². The van der Waals surface area contributed by atoms with Crippen LogP contribution in [0.25, 0.3) is 10.8 Å². The number of halogens is 1. The molecule has 4 heteroatoms. The first-order chi connectivity index (χ1) is 9.00. The highest BCUT2D eigenvalue weighted by atomic mass is 79.9. The van der Waals surface area contributed by atoms with E-state index in [4.69, 9.17) is 4.74 Å². The van der Waals surface area contributed by atoms with Gasteiger partial charge < -0.3 is 4.74 Å². The maximum absolute atomic E-state index is 12.0. The number of hydrogen-bond acceptors (Lipinski definition) is 3. The number of hydrogen-bond donors (Lipinski definition) is 0. The van der Waals surface area contributed by atoms with Crippen molar-refractivity contribution in [3.63, 3.8) is 0 Å². The zero-order valence-electron chi connectivity index (χ0n) is 10.6. The molecule has 3 nitrogen and oxygen atoms in total. The summed E-state index contributed by atoms with van der Waals surface area (Å²) in [5.74, 6) is -1.45. The molecule has 19 heavy (non-hydrogen) atoms. The molecule has 0 aliphatic carbocycles. The summed E-state index contributed by atoms with van der Waals surface area (Å²) in [5, 5.41) is 1.67. The maximum Gasteiger partial charge on any atom is 0.346 e. The van der Waals surface area contributed by atoms with Gasteiger partial charge in [-0.05, 0) is 22.9 Å². The van der Waals surface area contributed by atoms with Gasteiger partial charge in [-0.1, -0.05) is 54.0 Å². The molecule has 0 spiro atoms. The zero-order chi connectivity index (χ0) is 14.0. The quantitative estimate of drug-likeness (QED) is 0.621. The SMILES string of the molecule is CC(C)C(=O)OC(=O)c1cccc2c(Br)cccc12. The van der Waals surface area contributed by atoms with E-state index in [0.717, 1.165) is 15.2 Å². The number of carbonyl (C=O) groups is 2. The summed E-state index contributed by atoms with van der Waals surface area (Å²) in [6, 6.07) is 10.9. The van der Waals surface area contributed by atoms with Crippen LogP contribution in [0.2, 0.25) is 0 Å². The van der Waals surface area contributed by atoms with Crippen LogP contribution < -0.4 is 0 Å². The standard InChI is InChI=1S/C15H13BrO3/c1-9(2)14(17)19-15(18)12-7-3-6-11-10(12)5-4-8-13(11)16/h3-9H,1-2H3. The highest BCUT2D eigenvalue weighted by Crippen LogP contribution is 2.26. The first-order valence-electron chi connectivity index (χ1n) is 5.94. The van der Waals surface area contributed by atoms with E-state index in [2.05, 4.69) is 15.9 Å². The Morgan fingerprint density at radius 1 is 1.05 bits per heavy atom. The van der Waals surface area contributed by atoms with E-state index in [1.807, 2.05) is 24.3 Å². The summed E-state index contributed by atoms with van der Waals surface area (Å²) < 4.78 is 5.75. The van der Waals surface area contributed by atoms with Crippen LogP contribution in [-0.4, -0.2) is 11.9 Å². The average Bonchev–Trinajstić information content (AvgIpc) is 2.38. The Morgan fingerprint density at radius 3 is 2.37 bits per heavy atom. The van der Waals surface area contributed by atoms with Crippen molar-refractivity contribution in [2.24, 2.45) is 5.92 Å². The van der Waals surface area contributed by atoms with Gasteiger partial charge in [0.05, 0.1) is 11.5 Å². The van der Waals surface area contributed by atoms with Gasteiger partial charge in [0.25, 0.3) is 0 Å². The van der Waals surface area contributed by atoms with Crippen molar-refractivity contribution in [3.05, 3.63) is 46.4 Å². The maximum atomic E-state index is 12.0. The van der Waals surface area contributed by atoms with Crippen LogP contribution in [0.3, 0.4) is 0 Å². The lowest BCUT2D eigenvalue weighted by Gasteiger charge is -2.08. The van der Waals surface area contributed by atoms with Gasteiger partial charge in [-0.2, -0.15) is 0 Å². The molecule has 0 amide bonds. The predicted octanol–water partition coefficient (Wildman–Crippen LogP) is 3.94. The molecule has 0 N–H and O–H groups in total. The lowest BCUT2D eigenvalue weighted by atomic mass is 10.0. The van der Waals surface area contributed by atoms with Gasteiger partial charge in [-0.3, -0.25) is 4.79 Å². The Bertz CT molecular complexity index is 647. The molecule has 0 aromatic heterocycles. The molecule has 2 rings (SSSR count). The first kappa shape index (κ1) is 13.7. The fourth-order valence-corrected chi connectivity index (χ4v) is 2.21. The Labute approximate surface area is 119 Å². The van der Waals surface area contributed by atoms with E-state index in [-0.39, 0.29) is 5.92 Å². The molecule has 0 radical (unpaired) electrons. The van der Waals surface area contributed by atoms with Crippen LogP contribution >= 0.6 is 15.9 Å². The normalized spacial score (nSPS) is 10.7. The Morgan fingerprint density at radius 2 is 1.68 bits per heavy atom. The zero-order valence-corrected chi connectivity index (χ0v) is 12.2. The number of fused-ring (bicyclic) bond motifs is 1. The number of esters is 2. The molecule has 0 unspecified atom stereocenters. The average molecular weight is 321 g/mol. The molecule has 0 saturated carbocycles. The molecule has 0 fully saturated rings. The molecule has 0 saturated heterocycles. The molecular formula is C15H13BrO3. The van der Waals surface area contributed by atoms with Gasteiger partial charge in [-0.15, -0.1) is 0 Å². The van der Waals surface area contributed by atoms with Gasteiger partial charge in [0, 0.05) is 4.47 Å². The van der Waals surface area contributed by atoms with Crippen molar-refractivity contribution in [3.8, 4) is 0 Å². The lowest BCUT2D eigenvalue weighted by Crippen LogP contribution is -2.17. The van der Waals surface area contributed by atoms with Crippen molar-refractivity contribution in [2.45, 2.75) is 13.8 Å². The van der Waals surface area contributed by atoms with Gasteiger partial charge in [0.1, 0.15) is 0 Å². The summed E-state index contributed by atoms with van der Waals surface area (Å²) in [5.41, 5.74) is 0.396. The summed E-state index contributed by atoms with van der Waals surface area (Å²) >= 11 is 3.44. The van der Waals surface area contributed by atoms with Crippen LogP contribution in [0.1, 0.15) is 24.2 Å². The summed E-state index contributed by atoms with van der Waals surface area (Å²) in [4.78, 5) is 23.5. The van der Waals surface area contributed by atoms with Crippen molar-refractivity contribution in [1.82, 2.24) is 0 Å². The van der Waals surface area contributed by atoms with Crippen LogP contribution in [-0.2, 0) is 9.53 Å². The number of carbonyl (C=O) groups excluding carboxylic acids is 2. The number of ether oxygens (including phenoxy) is 1. The summed E-state index contributed by atoms with van der Waals surface area (Å²) in [6.07, 6.45) is 0. The largest absolute Gasteiger partial charge is 0.389 e. The van der Waals surface area contributed by atoms with Crippen molar-refractivity contribution in [1.29, 1.82) is 0 Å². The minimum Gasteiger partial charge on any atom is -0.389 e. The van der Waals surface area contributed by atoms with Gasteiger partial charge in [0.15, 0.2) is 0 Å². The number of benzene rings is 2.